The van der Waals surface area contributed by atoms with Gasteiger partial charge in [-0.15, -0.1) is 0 Å². The van der Waals surface area contributed by atoms with Gasteiger partial charge in [0.05, 0.1) is 6.61 Å². The molecule has 2 heterocycles. The second-order valence-electron chi connectivity index (χ2n) is 8.61. The second kappa shape index (κ2) is 12.9. The first-order valence-corrected chi connectivity index (χ1v) is 11.8. The van der Waals surface area contributed by atoms with E-state index in [9.17, 15) is 14.0 Å². The van der Waals surface area contributed by atoms with Crippen LogP contribution >= 0.6 is 0 Å². The van der Waals surface area contributed by atoms with Crippen LogP contribution in [0.2, 0.25) is 0 Å². The van der Waals surface area contributed by atoms with Gasteiger partial charge in [0.1, 0.15) is 18.1 Å². The number of ether oxygens (including phenoxy) is 1. The monoisotopic (exact) mass is 485 g/mol. The van der Waals surface area contributed by atoms with Gasteiger partial charge < -0.3 is 24.5 Å². The van der Waals surface area contributed by atoms with Crippen LogP contribution in [-0.2, 0) is 9.59 Å². The number of piperazine rings is 1. The maximum absolute atomic E-state index is 13.1. The number of hydrogen-bond acceptors (Lipinski definition) is 5. The first kappa shape index (κ1) is 26.2. The van der Waals surface area contributed by atoms with Gasteiger partial charge in [0.25, 0.3) is 12.4 Å². The molecule has 1 N–H and O–H groups in total. The van der Waals surface area contributed by atoms with Crippen LogP contribution in [0.5, 0.6) is 5.75 Å². The molecule has 4 rings (SSSR count). The molecule has 1 atom stereocenters. The molecule has 0 saturated carbocycles. The summed E-state index contributed by atoms with van der Waals surface area (Å²) >= 11 is 0. The van der Waals surface area contributed by atoms with Crippen LogP contribution in [0.25, 0.3) is 0 Å². The number of nitrogens with zero attached hydrogens (tertiary/aromatic N) is 3. The molecule has 8 nitrogen and oxygen atoms in total. The number of benzene rings is 2. The molecule has 9 heteroatoms. The number of halogens is 1. The number of hydrogen-bond donors (Lipinski definition) is 1. The molecule has 2 aromatic carbocycles. The van der Waals surface area contributed by atoms with Crippen LogP contribution in [0, 0.1) is 5.82 Å². The van der Waals surface area contributed by atoms with E-state index >= 15 is 0 Å². The fourth-order valence-electron chi connectivity index (χ4n) is 4.40. The highest BCUT2D eigenvalue weighted by Gasteiger charge is 2.28. The van der Waals surface area contributed by atoms with Crippen molar-refractivity contribution in [1.82, 2.24) is 9.80 Å². The SMILES string of the molecule is C[C@@H]1CCCN1CCCOc1ccc(N2CCN(C(=O)c3ccc(F)cc3)CC2=O)cc1.O=CO. The Balaban J connectivity index is 0.00000108. The maximum atomic E-state index is 13.1. The summed E-state index contributed by atoms with van der Waals surface area (Å²) in [6, 6.07) is 13.6. The molecule has 0 aliphatic carbocycles. The highest BCUT2D eigenvalue weighted by atomic mass is 19.1. The van der Waals surface area contributed by atoms with Gasteiger partial charge in [-0.25, -0.2) is 4.39 Å². The Morgan fingerprint density at radius 2 is 1.80 bits per heavy atom. The largest absolute Gasteiger partial charge is 0.494 e. The first-order valence-electron chi connectivity index (χ1n) is 11.8. The minimum Gasteiger partial charge on any atom is -0.494 e. The Morgan fingerprint density at radius 3 is 2.40 bits per heavy atom. The molecule has 2 amide bonds. The Labute approximate surface area is 204 Å². The molecule has 0 unspecified atom stereocenters. The number of carboxylic acid groups (broad SMARTS) is 1. The van der Waals surface area contributed by atoms with Crippen LogP contribution in [0.15, 0.2) is 48.5 Å². The van der Waals surface area contributed by atoms with Crippen LogP contribution in [-0.4, -0.2) is 78.6 Å². The summed E-state index contributed by atoms with van der Waals surface area (Å²) < 4.78 is 19.0. The maximum Gasteiger partial charge on any atom is 0.290 e. The second-order valence-corrected chi connectivity index (χ2v) is 8.61. The highest BCUT2D eigenvalue weighted by molar-refractivity contribution is 6.01. The fourth-order valence-corrected chi connectivity index (χ4v) is 4.40. The predicted molar refractivity (Wildman–Crippen MR) is 130 cm³/mol. The van der Waals surface area contributed by atoms with Crippen molar-refractivity contribution >= 4 is 24.0 Å². The minimum atomic E-state index is -0.393. The van der Waals surface area contributed by atoms with Crippen molar-refractivity contribution in [2.75, 3.05) is 44.2 Å². The van der Waals surface area contributed by atoms with Crippen molar-refractivity contribution in [1.29, 1.82) is 0 Å². The molecule has 2 aliphatic heterocycles. The highest BCUT2D eigenvalue weighted by Crippen LogP contribution is 2.22. The van der Waals surface area contributed by atoms with Gasteiger partial charge in [-0.3, -0.25) is 14.4 Å². The molecule has 2 aromatic rings. The Kier molecular flexibility index (Phi) is 9.60. The van der Waals surface area contributed by atoms with E-state index in [-0.39, 0.29) is 24.8 Å². The third-order valence-corrected chi connectivity index (χ3v) is 6.30. The summed E-state index contributed by atoms with van der Waals surface area (Å²) in [4.78, 5) is 39.3. The van der Waals surface area contributed by atoms with E-state index in [2.05, 4.69) is 11.8 Å². The van der Waals surface area contributed by atoms with E-state index in [4.69, 9.17) is 14.6 Å². The minimum absolute atomic E-state index is 0.00336. The van der Waals surface area contributed by atoms with Crippen LogP contribution in [0.4, 0.5) is 10.1 Å². The molecule has 188 valence electrons. The van der Waals surface area contributed by atoms with E-state index in [1.54, 1.807) is 4.90 Å². The van der Waals surface area contributed by atoms with E-state index < -0.39 is 5.82 Å². The van der Waals surface area contributed by atoms with Gasteiger partial charge in [0.15, 0.2) is 0 Å². The molecule has 0 aromatic heterocycles. The number of carbonyl (C=O) groups is 3. The lowest BCUT2D eigenvalue weighted by molar-refractivity contribution is -0.123. The number of likely N-dealkylation sites (tertiary alicyclic amines) is 1. The van der Waals surface area contributed by atoms with Crippen molar-refractivity contribution in [2.45, 2.75) is 32.2 Å². The summed E-state index contributed by atoms with van der Waals surface area (Å²) in [7, 11) is 0. The molecule has 2 saturated heterocycles. The summed E-state index contributed by atoms with van der Waals surface area (Å²) in [6.45, 7) is 5.80. The topological polar surface area (TPSA) is 90.4 Å². The molecule has 35 heavy (non-hydrogen) atoms. The van der Waals surface area contributed by atoms with E-state index in [0.29, 0.717) is 31.3 Å². The quantitative estimate of drug-likeness (QED) is 0.478. The van der Waals surface area contributed by atoms with E-state index in [1.165, 1.54) is 48.6 Å². The van der Waals surface area contributed by atoms with Gasteiger partial charge in [-0.1, -0.05) is 0 Å². The fraction of sp³-hybridized carbons (Fsp3) is 0.423. The van der Waals surface area contributed by atoms with Gasteiger partial charge in [0, 0.05) is 36.9 Å². The smallest absolute Gasteiger partial charge is 0.290 e. The average Bonchev–Trinajstić information content (AvgIpc) is 3.27. The molecule has 0 radical (unpaired) electrons. The number of anilines is 1. The summed E-state index contributed by atoms with van der Waals surface area (Å²) in [5.41, 5.74) is 1.18. The van der Waals surface area contributed by atoms with Crippen LogP contribution in [0.3, 0.4) is 0 Å². The zero-order valence-corrected chi connectivity index (χ0v) is 19.9. The molecule has 2 fully saturated rings. The zero-order valence-electron chi connectivity index (χ0n) is 19.9. The lowest BCUT2D eigenvalue weighted by Crippen LogP contribution is -2.52. The normalized spacial score (nSPS) is 18.1. The van der Waals surface area contributed by atoms with Gasteiger partial charge in [-0.05, 0) is 81.3 Å². The van der Waals surface area contributed by atoms with Crippen molar-refractivity contribution < 1.29 is 28.6 Å². The number of amides is 2. The van der Waals surface area contributed by atoms with Gasteiger partial charge in [-0.2, -0.15) is 0 Å². The van der Waals surface area contributed by atoms with Crippen LogP contribution < -0.4 is 9.64 Å². The van der Waals surface area contributed by atoms with Crippen LogP contribution in [0.1, 0.15) is 36.5 Å². The zero-order chi connectivity index (χ0) is 25.2. The van der Waals surface area contributed by atoms with Crippen molar-refractivity contribution in [2.24, 2.45) is 0 Å². The first-order chi connectivity index (χ1) is 16.9. The predicted octanol–water partition coefficient (Wildman–Crippen LogP) is 3.27. The molecular formula is C26H32FN3O5. The summed E-state index contributed by atoms with van der Waals surface area (Å²) in [5.74, 6) is 0.00189. The number of rotatable bonds is 7. The van der Waals surface area contributed by atoms with Crippen molar-refractivity contribution in [3.05, 3.63) is 59.9 Å². The summed E-state index contributed by atoms with van der Waals surface area (Å²) in [6.07, 6.45) is 3.57. The molecule has 0 bridgehead atoms. The third-order valence-electron chi connectivity index (χ3n) is 6.30. The molecule has 0 spiro atoms. The Hall–Kier alpha value is -3.46. The lowest BCUT2D eigenvalue weighted by atomic mass is 10.1. The third kappa shape index (κ3) is 7.26. The average molecular weight is 486 g/mol. The lowest BCUT2D eigenvalue weighted by Gasteiger charge is -2.34. The Bertz CT molecular complexity index is 983. The van der Waals surface area contributed by atoms with Crippen molar-refractivity contribution in [3.63, 3.8) is 0 Å². The Morgan fingerprint density at radius 1 is 1.11 bits per heavy atom. The van der Waals surface area contributed by atoms with Gasteiger partial charge >= 0.3 is 0 Å². The van der Waals surface area contributed by atoms with Gasteiger partial charge in [0.2, 0.25) is 5.91 Å². The standard InChI is InChI=1S/C25H30FN3O3.CH2O2/c1-19-4-2-13-27(19)14-3-17-32-23-11-9-22(10-12-23)29-16-15-28(18-24(29)30)25(31)20-5-7-21(26)8-6-20;2-1-3/h5-12,19H,2-4,13-18H2,1H3;1H,(H,2,3)/t19-;/m1./s1. The molecule has 2 aliphatic rings. The molecular weight excluding hydrogens is 453 g/mol. The summed E-state index contributed by atoms with van der Waals surface area (Å²) in [5, 5.41) is 6.89. The van der Waals surface area contributed by atoms with Crippen molar-refractivity contribution in [3.8, 4) is 5.75 Å². The van der Waals surface area contributed by atoms with E-state index in [1.807, 2.05) is 24.3 Å². The van der Waals surface area contributed by atoms with E-state index in [0.717, 1.165) is 24.4 Å². The number of carbonyl (C=O) groups excluding carboxylic acids is 2.